The van der Waals surface area contributed by atoms with E-state index in [-0.39, 0.29) is 41.1 Å². The molecule has 1 aromatic heterocycles. The average molecular weight is 454 g/mol. The lowest BCUT2D eigenvalue weighted by atomic mass is 9.54. The fraction of sp³-hybridized carbons (Fsp3) is 0.560. The van der Waals surface area contributed by atoms with E-state index < -0.39 is 0 Å². The molecule has 3 aliphatic rings. The third-order valence-electron chi connectivity index (χ3n) is 8.02. The van der Waals surface area contributed by atoms with Crippen LogP contribution in [0.2, 0.25) is 0 Å². The third-order valence-corrected chi connectivity index (χ3v) is 9.01. The summed E-state index contributed by atoms with van der Waals surface area (Å²) in [6.45, 7) is 6.57. The van der Waals surface area contributed by atoms with Gasteiger partial charge in [-0.2, -0.15) is 0 Å². The number of rotatable bonds is 3. The molecule has 0 spiro atoms. The Bertz CT molecular complexity index is 1060. The van der Waals surface area contributed by atoms with Crippen LogP contribution in [-0.4, -0.2) is 37.1 Å². The first-order valence-corrected chi connectivity index (χ1v) is 12.3. The van der Waals surface area contributed by atoms with Gasteiger partial charge in [0, 0.05) is 48.0 Å². The number of benzene rings is 1. The van der Waals surface area contributed by atoms with E-state index in [1.54, 1.807) is 11.3 Å². The van der Waals surface area contributed by atoms with Gasteiger partial charge in [-0.1, -0.05) is 20.8 Å². The number of carbonyl (C=O) groups excluding carboxylic acids is 2. The molecule has 1 N–H and O–H groups in total. The van der Waals surface area contributed by atoms with Gasteiger partial charge in [0.05, 0.1) is 11.6 Å². The van der Waals surface area contributed by atoms with Crippen molar-refractivity contribution >= 4 is 34.0 Å². The van der Waals surface area contributed by atoms with Gasteiger partial charge < -0.3 is 9.64 Å². The Morgan fingerprint density at radius 2 is 1.94 bits per heavy atom. The standard InChI is InChI=1S/C25H31N3O3S/c1-13-17-10-11-25(3)12-18-20(14(2)19(25)21(17)31-23(13)30)26-24(32-18)27-22(29)15-6-8-16(9-7-15)28(4)5/h6-9,13-14,17,19,21H,10-12H2,1-5H3,(H,26,27,29). The molecule has 0 radical (unpaired) electrons. The van der Waals surface area contributed by atoms with E-state index in [2.05, 4.69) is 19.2 Å². The zero-order valence-corrected chi connectivity index (χ0v) is 20.2. The number of anilines is 2. The molecule has 2 heterocycles. The highest BCUT2D eigenvalue weighted by atomic mass is 32.1. The summed E-state index contributed by atoms with van der Waals surface area (Å²) in [5, 5.41) is 3.66. The second-order valence-electron chi connectivity index (χ2n) is 10.3. The second-order valence-corrected chi connectivity index (χ2v) is 11.3. The van der Waals surface area contributed by atoms with Crippen LogP contribution in [0.4, 0.5) is 10.8 Å². The topological polar surface area (TPSA) is 71.5 Å². The Balaban J connectivity index is 1.38. The number of thiazole rings is 1. The molecule has 6 atom stereocenters. The van der Waals surface area contributed by atoms with Crippen molar-refractivity contribution in [1.29, 1.82) is 0 Å². The largest absolute Gasteiger partial charge is 0.461 e. The van der Waals surface area contributed by atoms with Crippen molar-refractivity contribution in [2.45, 2.75) is 52.1 Å². The summed E-state index contributed by atoms with van der Waals surface area (Å²) < 4.78 is 5.92. The number of ether oxygens (including phenoxy) is 1. The predicted octanol–water partition coefficient (Wildman–Crippen LogP) is 4.72. The normalized spacial score (nSPS) is 33.0. The Kier molecular flexibility index (Phi) is 5.08. The van der Waals surface area contributed by atoms with Crippen molar-refractivity contribution in [2.75, 3.05) is 24.3 Å². The molecular weight excluding hydrogens is 422 g/mol. The van der Waals surface area contributed by atoms with Crippen molar-refractivity contribution in [3.8, 4) is 0 Å². The average Bonchev–Trinajstić information content (AvgIpc) is 3.27. The maximum Gasteiger partial charge on any atom is 0.309 e. The highest BCUT2D eigenvalue weighted by Gasteiger charge is 2.58. The monoisotopic (exact) mass is 453 g/mol. The molecule has 0 bridgehead atoms. The van der Waals surface area contributed by atoms with Gasteiger partial charge in [-0.05, 0) is 48.9 Å². The number of carbonyl (C=O) groups is 2. The van der Waals surface area contributed by atoms with E-state index in [1.807, 2.05) is 50.2 Å². The minimum atomic E-state index is -0.142. The maximum absolute atomic E-state index is 12.8. The van der Waals surface area contributed by atoms with Crippen LogP contribution >= 0.6 is 11.3 Å². The molecule has 7 heteroatoms. The van der Waals surface area contributed by atoms with Gasteiger partial charge in [-0.15, -0.1) is 11.3 Å². The first kappa shape index (κ1) is 21.4. The van der Waals surface area contributed by atoms with Gasteiger partial charge in [-0.3, -0.25) is 14.9 Å². The van der Waals surface area contributed by atoms with E-state index in [0.717, 1.165) is 30.6 Å². The lowest BCUT2D eigenvalue weighted by Gasteiger charge is -2.51. The number of aromatic nitrogens is 1. The Labute approximate surface area is 193 Å². The van der Waals surface area contributed by atoms with Crippen LogP contribution in [0.25, 0.3) is 0 Å². The first-order chi connectivity index (χ1) is 15.2. The molecule has 1 saturated carbocycles. The Morgan fingerprint density at radius 1 is 1.22 bits per heavy atom. The molecule has 6 nitrogen and oxygen atoms in total. The highest BCUT2D eigenvalue weighted by molar-refractivity contribution is 7.15. The van der Waals surface area contributed by atoms with Crippen LogP contribution in [0.1, 0.15) is 60.5 Å². The summed E-state index contributed by atoms with van der Waals surface area (Å²) in [5.74, 6) is 0.572. The number of nitrogens with one attached hydrogen (secondary N) is 1. The van der Waals surface area contributed by atoms with Crippen molar-refractivity contribution in [3.63, 3.8) is 0 Å². The molecule has 1 aliphatic heterocycles. The van der Waals surface area contributed by atoms with Crippen LogP contribution < -0.4 is 10.2 Å². The van der Waals surface area contributed by atoms with Crippen LogP contribution in [-0.2, 0) is 16.0 Å². The Hall–Kier alpha value is -2.41. The third kappa shape index (κ3) is 3.33. The zero-order chi connectivity index (χ0) is 22.8. The molecule has 1 saturated heterocycles. The molecule has 2 aromatic rings. The van der Waals surface area contributed by atoms with Gasteiger partial charge in [-0.25, -0.2) is 4.98 Å². The van der Waals surface area contributed by atoms with Crippen molar-refractivity contribution in [2.24, 2.45) is 23.2 Å². The SMILES string of the molecule is CC1C(=O)OC2C1CCC1(C)Cc3sc(NC(=O)c4ccc(N(C)C)cc4)nc3C(C)C21. The number of nitrogens with zero attached hydrogens (tertiary/aromatic N) is 2. The smallest absolute Gasteiger partial charge is 0.309 e. The van der Waals surface area contributed by atoms with Crippen molar-refractivity contribution < 1.29 is 14.3 Å². The summed E-state index contributed by atoms with van der Waals surface area (Å²) in [7, 11) is 3.95. The quantitative estimate of drug-likeness (QED) is 0.681. The minimum absolute atomic E-state index is 0.0117. The summed E-state index contributed by atoms with van der Waals surface area (Å²) in [4.78, 5) is 33.2. The molecule has 6 unspecified atom stereocenters. The van der Waals surface area contributed by atoms with E-state index in [9.17, 15) is 9.59 Å². The van der Waals surface area contributed by atoms with E-state index in [1.165, 1.54) is 4.88 Å². The maximum atomic E-state index is 12.8. The first-order valence-electron chi connectivity index (χ1n) is 11.5. The number of fused-ring (bicyclic) bond motifs is 4. The lowest BCUT2D eigenvalue weighted by molar-refractivity contribution is -0.149. The van der Waals surface area contributed by atoms with Crippen LogP contribution in [0.5, 0.6) is 0 Å². The zero-order valence-electron chi connectivity index (χ0n) is 19.3. The number of esters is 1. The summed E-state index contributed by atoms with van der Waals surface area (Å²) in [5.41, 5.74) is 2.82. The van der Waals surface area contributed by atoms with Crippen LogP contribution in [0, 0.1) is 23.2 Å². The number of hydrogen-bond acceptors (Lipinski definition) is 6. The second kappa shape index (κ2) is 7.58. The lowest BCUT2D eigenvalue weighted by Crippen LogP contribution is -2.50. The fourth-order valence-corrected chi connectivity index (χ4v) is 7.47. The summed E-state index contributed by atoms with van der Waals surface area (Å²) >= 11 is 1.59. The molecule has 170 valence electrons. The summed E-state index contributed by atoms with van der Waals surface area (Å²) in [6, 6.07) is 7.56. The molecule has 5 rings (SSSR count). The molecular formula is C25H31N3O3S. The molecule has 1 aromatic carbocycles. The molecule has 32 heavy (non-hydrogen) atoms. The van der Waals surface area contributed by atoms with Gasteiger partial charge in [0.25, 0.3) is 5.91 Å². The minimum Gasteiger partial charge on any atom is -0.461 e. The fourth-order valence-electron chi connectivity index (χ4n) is 6.21. The molecule has 1 amide bonds. The number of hydrogen-bond donors (Lipinski definition) is 1. The van der Waals surface area contributed by atoms with Crippen molar-refractivity contribution in [1.82, 2.24) is 4.98 Å². The van der Waals surface area contributed by atoms with E-state index >= 15 is 0 Å². The predicted molar refractivity (Wildman–Crippen MR) is 126 cm³/mol. The molecule has 2 aliphatic carbocycles. The van der Waals surface area contributed by atoms with Crippen LogP contribution in [0.15, 0.2) is 24.3 Å². The van der Waals surface area contributed by atoms with Gasteiger partial charge in [0.1, 0.15) is 6.10 Å². The van der Waals surface area contributed by atoms with E-state index in [0.29, 0.717) is 16.6 Å². The highest BCUT2D eigenvalue weighted by Crippen LogP contribution is 2.59. The molecule has 2 fully saturated rings. The van der Waals surface area contributed by atoms with Crippen molar-refractivity contribution in [3.05, 3.63) is 40.4 Å². The Morgan fingerprint density at radius 3 is 2.62 bits per heavy atom. The van der Waals surface area contributed by atoms with E-state index in [4.69, 9.17) is 9.72 Å². The van der Waals surface area contributed by atoms with Crippen LogP contribution in [0.3, 0.4) is 0 Å². The summed E-state index contributed by atoms with van der Waals surface area (Å²) in [6.07, 6.45) is 3.05. The van der Waals surface area contributed by atoms with Gasteiger partial charge in [0.15, 0.2) is 5.13 Å². The van der Waals surface area contributed by atoms with Gasteiger partial charge in [0.2, 0.25) is 0 Å². The number of amides is 1. The van der Waals surface area contributed by atoms with Gasteiger partial charge >= 0.3 is 5.97 Å².